The maximum atomic E-state index is 12.1. The van der Waals surface area contributed by atoms with Crippen molar-refractivity contribution in [2.45, 2.75) is 4.90 Å². The van der Waals surface area contributed by atoms with Crippen LogP contribution >= 0.6 is 0 Å². The Balaban J connectivity index is 3.06. The number of hydrogen-bond donors (Lipinski definition) is 2. The lowest BCUT2D eigenvalue weighted by atomic mass is 10.3. The zero-order valence-electron chi connectivity index (χ0n) is 9.41. The van der Waals surface area contributed by atoms with E-state index in [1.54, 1.807) is 0 Å². The number of anilines is 1. The quantitative estimate of drug-likeness (QED) is 0.571. The molecular weight excluding hydrogens is 240 g/mol. The first-order chi connectivity index (χ1) is 8.02. The van der Waals surface area contributed by atoms with Crippen LogP contribution in [0.2, 0.25) is 0 Å². The van der Waals surface area contributed by atoms with E-state index in [0.717, 1.165) is 4.31 Å². The predicted octanol–water partition coefficient (Wildman–Crippen LogP) is 0.438. The Bertz CT molecular complexity index is 468. The van der Waals surface area contributed by atoms with Crippen molar-refractivity contribution < 1.29 is 13.5 Å². The maximum absolute atomic E-state index is 12.1. The Morgan fingerprint density at radius 2 is 1.94 bits per heavy atom. The number of nitrogen functional groups attached to an aromatic ring is 1. The summed E-state index contributed by atoms with van der Waals surface area (Å²) in [6.45, 7) is 3.46. The van der Waals surface area contributed by atoms with Gasteiger partial charge in [-0.05, 0) is 24.3 Å². The van der Waals surface area contributed by atoms with Crippen molar-refractivity contribution in [2.24, 2.45) is 0 Å². The smallest absolute Gasteiger partial charge is 0.243 e. The lowest BCUT2D eigenvalue weighted by Gasteiger charge is -2.19. The molecule has 0 atom stereocenters. The second-order valence-electron chi connectivity index (χ2n) is 3.44. The second-order valence-corrected chi connectivity index (χ2v) is 5.38. The Morgan fingerprint density at radius 3 is 2.41 bits per heavy atom. The molecule has 3 N–H and O–H groups in total. The molecule has 0 bridgehead atoms. The highest BCUT2D eigenvalue weighted by Gasteiger charge is 2.22. The first kappa shape index (κ1) is 13.7. The van der Waals surface area contributed by atoms with Gasteiger partial charge in [0, 0.05) is 18.8 Å². The number of nitrogens with two attached hydrogens (primary N) is 1. The second kappa shape index (κ2) is 5.81. The van der Waals surface area contributed by atoms with Gasteiger partial charge in [-0.2, -0.15) is 4.31 Å². The molecule has 0 amide bonds. The first-order valence-corrected chi connectivity index (χ1v) is 6.54. The van der Waals surface area contributed by atoms with Crippen molar-refractivity contribution in [3.8, 4) is 0 Å². The molecule has 5 nitrogen and oxygen atoms in total. The van der Waals surface area contributed by atoms with Gasteiger partial charge in [0.1, 0.15) is 0 Å². The van der Waals surface area contributed by atoms with Crippen molar-refractivity contribution in [1.29, 1.82) is 0 Å². The molecule has 0 fully saturated rings. The molecular formula is C11H16N2O3S. The fourth-order valence-corrected chi connectivity index (χ4v) is 2.76. The zero-order chi connectivity index (χ0) is 12.9. The monoisotopic (exact) mass is 256 g/mol. The Hall–Kier alpha value is -1.37. The zero-order valence-corrected chi connectivity index (χ0v) is 10.2. The van der Waals surface area contributed by atoms with E-state index in [9.17, 15) is 8.42 Å². The highest BCUT2D eigenvalue weighted by atomic mass is 32.2. The maximum Gasteiger partial charge on any atom is 0.243 e. The fraction of sp³-hybridized carbons (Fsp3) is 0.273. The molecule has 0 saturated heterocycles. The minimum absolute atomic E-state index is 0.0404. The average molecular weight is 256 g/mol. The van der Waals surface area contributed by atoms with Crippen LogP contribution in [0.5, 0.6) is 0 Å². The van der Waals surface area contributed by atoms with Gasteiger partial charge in [0.05, 0.1) is 11.5 Å². The highest BCUT2D eigenvalue weighted by molar-refractivity contribution is 7.89. The molecule has 0 aromatic heterocycles. The van der Waals surface area contributed by atoms with E-state index in [0.29, 0.717) is 5.69 Å². The average Bonchev–Trinajstić information content (AvgIpc) is 2.29. The lowest BCUT2D eigenvalue weighted by molar-refractivity contribution is 0.260. The van der Waals surface area contributed by atoms with Gasteiger partial charge in [0.15, 0.2) is 0 Å². The van der Waals surface area contributed by atoms with Crippen LogP contribution in [0.1, 0.15) is 0 Å². The molecule has 1 rings (SSSR count). The Morgan fingerprint density at radius 1 is 1.35 bits per heavy atom. The molecule has 6 heteroatoms. The molecule has 0 heterocycles. The molecule has 94 valence electrons. The Kier molecular flexibility index (Phi) is 4.68. The van der Waals surface area contributed by atoms with Gasteiger partial charge >= 0.3 is 0 Å². The fourth-order valence-electron chi connectivity index (χ4n) is 1.35. The van der Waals surface area contributed by atoms with Gasteiger partial charge in [-0.15, -0.1) is 6.58 Å². The van der Waals surface area contributed by atoms with Crippen LogP contribution in [0.4, 0.5) is 5.69 Å². The van der Waals surface area contributed by atoms with E-state index in [1.807, 2.05) is 0 Å². The van der Waals surface area contributed by atoms with E-state index in [4.69, 9.17) is 10.8 Å². The minimum Gasteiger partial charge on any atom is -0.399 e. The molecule has 0 aliphatic heterocycles. The third-order valence-electron chi connectivity index (χ3n) is 2.20. The van der Waals surface area contributed by atoms with E-state index in [-0.39, 0.29) is 24.6 Å². The molecule has 0 aliphatic carbocycles. The van der Waals surface area contributed by atoms with Gasteiger partial charge in [-0.1, -0.05) is 6.08 Å². The normalized spacial score (nSPS) is 11.6. The summed E-state index contributed by atoms with van der Waals surface area (Å²) in [6, 6.07) is 5.94. The first-order valence-electron chi connectivity index (χ1n) is 5.10. The summed E-state index contributed by atoms with van der Waals surface area (Å²) in [4.78, 5) is 0.155. The number of nitrogens with zero attached hydrogens (tertiary/aromatic N) is 1. The summed E-state index contributed by atoms with van der Waals surface area (Å²) in [5.74, 6) is 0. The number of hydrogen-bond acceptors (Lipinski definition) is 4. The van der Waals surface area contributed by atoms with E-state index >= 15 is 0 Å². The van der Waals surface area contributed by atoms with Gasteiger partial charge in [-0.3, -0.25) is 0 Å². The van der Waals surface area contributed by atoms with Gasteiger partial charge in [0.25, 0.3) is 0 Å². The van der Waals surface area contributed by atoms with Crippen molar-refractivity contribution in [1.82, 2.24) is 4.31 Å². The summed E-state index contributed by atoms with van der Waals surface area (Å²) in [5.41, 5.74) is 6.00. The lowest BCUT2D eigenvalue weighted by Crippen LogP contribution is -2.33. The van der Waals surface area contributed by atoms with E-state index in [1.165, 1.54) is 30.3 Å². The molecule has 1 aromatic rings. The van der Waals surface area contributed by atoms with Crippen LogP contribution in [0.3, 0.4) is 0 Å². The molecule has 0 saturated carbocycles. The number of rotatable bonds is 6. The van der Waals surface area contributed by atoms with Gasteiger partial charge < -0.3 is 10.8 Å². The van der Waals surface area contributed by atoms with Crippen LogP contribution in [0.25, 0.3) is 0 Å². The molecule has 0 aliphatic rings. The SMILES string of the molecule is C=CCN(CCO)S(=O)(=O)c1ccc(N)cc1. The summed E-state index contributed by atoms with van der Waals surface area (Å²) in [7, 11) is -3.60. The van der Waals surface area contributed by atoms with Crippen LogP contribution in [0.15, 0.2) is 41.8 Å². The molecule has 0 unspecified atom stereocenters. The van der Waals surface area contributed by atoms with E-state index < -0.39 is 10.0 Å². The van der Waals surface area contributed by atoms with Crippen LogP contribution in [0, 0.1) is 0 Å². The third-order valence-corrected chi connectivity index (χ3v) is 4.08. The number of benzene rings is 1. The molecule has 0 radical (unpaired) electrons. The summed E-state index contributed by atoms with van der Waals surface area (Å²) in [5, 5.41) is 8.86. The summed E-state index contributed by atoms with van der Waals surface area (Å²) in [6.07, 6.45) is 1.48. The predicted molar refractivity (Wildman–Crippen MR) is 66.9 cm³/mol. The molecule has 1 aromatic carbocycles. The number of sulfonamides is 1. The molecule has 0 spiro atoms. The largest absolute Gasteiger partial charge is 0.399 e. The Labute approximate surface area is 101 Å². The topological polar surface area (TPSA) is 83.6 Å². The van der Waals surface area contributed by atoms with Crippen LogP contribution in [-0.4, -0.2) is 37.5 Å². The van der Waals surface area contributed by atoms with Crippen LogP contribution in [-0.2, 0) is 10.0 Å². The standard InChI is InChI=1S/C11H16N2O3S/c1-2-7-13(8-9-14)17(15,16)11-5-3-10(12)4-6-11/h2-6,14H,1,7-9,12H2. The summed E-state index contributed by atoms with van der Waals surface area (Å²) >= 11 is 0. The van der Waals surface area contributed by atoms with Gasteiger partial charge in [0.2, 0.25) is 10.0 Å². The van der Waals surface area contributed by atoms with Crippen molar-refractivity contribution in [3.05, 3.63) is 36.9 Å². The van der Waals surface area contributed by atoms with Crippen LogP contribution < -0.4 is 5.73 Å². The number of aliphatic hydroxyl groups is 1. The van der Waals surface area contributed by atoms with E-state index in [2.05, 4.69) is 6.58 Å². The van der Waals surface area contributed by atoms with Crippen molar-refractivity contribution in [3.63, 3.8) is 0 Å². The van der Waals surface area contributed by atoms with Crippen molar-refractivity contribution >= 4 is 15.7 Å². The molecule has 17 heavy (non-hydrogen) atoms. The summed E-state index contributed by atoms with van der Waals surface area (Å²) < 4.78 is 25.5. The highest BCUT2D eigenvalue weighted by Crippen LogP contribution is 2.16. The number of aliphatic hydroxyl groups excluding tert-OH is 1. The van der Waals surface area contributed by atoms with Crippen molar-refractivity contribution in [2.75, 3.05) is 25.4 Å². The third kappa shape index (κ3) is 3.29. The van der Waals surface area contributed by atoms with Gasteiger partial charge in [-0.25, -0.2) is 8.42 Å². The minimum atomic E-state index is -3.60.